The standard InChI is InChI=1S/C6F10O2.C5ClF7O2.C5F8O2.C4F6O2.C3F4O2.C2F6O2.C2H2F4O2.C2H4F2O2.3C2H4.3CF4/c7-1(8)2-17-3(9,5(11,12)13)4(10,18-2)6(14,15)16;6-4(9,10)3(5(11,12)13)14-1(7)2(8)15-3;6-1-2(7)15-3(14-1,4(8,9)10)5(11,12)13;5-1(6)2-11-3(7,8)4(9,10)12-2;4-1-2(5)9-3(6,7)8-1;3-1(4,9-7)2(5,6)10-8;3-2(4,8-6)1-7-5;3-5-1-2-6-4;3*1-2;3*2-1(3,4)5/h;;;;;;1H2;1-2H2;3*1-2H2;;;. The van der Waals surface area contributed by atoms with Gasteiger partial charge in [-0.25, -0.2) is 0 Å². The van der Waals surface area contributed by atoms with Crippen LogP contribution in [-0.2, 0) is 77.0 Å². The van der Waals surface area contributed by atoms with Gasteiger partial charge in [0.1, 0.15) is 13.2 Å². The minimum Gasteiger partial charge on any atom is -0.409 e. The van der Waals surface area contributed by atoms with E-state index in [2.05, 4.69) is 113 Å². The lowest BCUT2D eigenvalue weighted by Crippen LogP contribution is -2.62. The number of hydrogen-bond acceptors (Lipinski definition) is 16. The summed E-state index contributed by atoms with van der Waals surface area (Å²) in [6.45, 7) is 15.6. The van der Waals surface area contributed by atoms with E-state index in [4.69, 9.17) is 0 Å². The Labute approximate surface area is 584 Å². The summed E-state index contributed by atoms with van der Waals surface area (Å²) in [5.74, 6) is -27.4. The van der Waals surface area contributed by atoms with E-state index in [0.717, 1.165) is 0 Å². The SMILES string of the molecule is C=C.C=C.C=C.FC(F)(F)F.FC(F)(F)F.FC(F)(F)F.FC(F)=C1OC(F)(C(F)(F)F)C(F)(C(F)(F)F)O1.FC(F)=C1OC(F)(F)C(F)(F)O1.FC1=C(F)OC(C(F)(F)F)(C(F)(F)Cl)O1.FC1=C(F)OC(C(F)(F)F)(C(F)(F)F)O1.FC1=C(F)OC(F)(F)O1.FOC(F)(F)C(F)(F)OF.FOCC(F)(F)OF.FOCCOF. The molecule has 0 bridgehead atoms. The second-order valence-electron chi connectivity index (χ2n) is 14.7. The molecule has 686 valence electrons. The van der Waals surface area contributed by atoms with Crippen molar-refractivity contribution in [2.24, 2.45) is 0 Å². The van der Waals surface area contributed by atoms with Gasteiger partial charge in [-0.1, -0.05) is 0 Å². The van der Waals surface area contributed by atoms with E-state index in [9.17, 15) is 260 Å². The van der Waals surface area contributed by atoms with Gasteiger partial charge in [0.25, 0.3) is 0 Å². The summed E-state index contributed by atoms with van der Waals surface area (Å²) in [6, 6.07) is -14.6. The molecule has 5 aliphatic heterocycles. The Morgan fingerprint density at radius 3 is 0.605 bits per heavy atom. The molecule has 5 aliphatic rings. The minimum atomic E-state index is -6.60. The lowest BCUT2D eigenvalue weighted by Gasteiger charge is -2.31. The molecule has 16 nitrogen and oxygen atoms in total. The predicted octanol–water partition coefficient (Wildman–Crippen LogP) is 24.6. The maximum atomic E-state index is 13.0. The van der Waals surface area contributed by atoms with Crippen LogP contribution in [-0.4, -0.2) is 135 Å². The normalized spacial score (nSPS) is 19.5. The van der Waals surface area contributed by atoms with Crippen molar-refractivity contribution in [2.45, 2.75) is 116 Å². The molecule has 76 heteroatoms. The molecule has 2 fully saturated rings. The first-order valence-electron chi connectivity index (χ1n) is 22.5. The highest BCUT2D eigenvalue weighted by Crippen LogP contribution is 2.60. The van der Waals surface area contributed by atoms with E-state index in [1.807, 2.05) is 4.94 Å². The van der Waals surface area contributed by atoms with Gasteiger partial charge in [-0.15, -0.1) is 116 Å². The summed E-state index contributed by atoms with van der Waals surface area (Å²) in [5.41, 5.74) is 0. The van der Waals surface area contributed by atoms with Gasteiger partial charge in [0.15, 0.2) is 6.61 Å². The van der Waals surface area contributed by atoms with Crippen LogP contribution in [0, 0.1) is 0 Å². The van der Waals surface area contributed by atoms with Gasteiger partial charge in [0.05, 0.1) is 0 Å². The largest absolute Gasteiger partial charge is 0.589 e. The van der Waals surface area contributed by atoms with Gasteiger partial charge >= 0.3 is 176 Å². The zero-order chi connectivity index (χ0) is 94.7. The van der Waals surface area contributed by atoms with E-state index in [-0.39, 0.29) is 13.2 Å². The van der Waals surface area contributed by atoms with Crippen molar-refractivity contribution in [3.05, 3.63) is 99.6 Å². The van der Waals surface area contributed by atoms with E-state index >= 15 is 0 Å². The fraction of sp³-hybridized carbons (Fsp3) is 0.579. The zero-order valence-corrected chi connectivity index (χ0v) is 50.8. The monoisotopic (exact) mass is 1890 g/mol. The summed E-state index contributed by atoms with van der Waals surface area (Å²) < 4.78 is 693. The van der Waals surface area contributed by atoms with Crippen LogP contribution < -0.4 is 0 Å². The Morgan fingerprint density at radius 2 is 0.500 bits per heavy atom. The molecule has 0 aromatic rings. The number of ether oxygens (including phenoxy) is 10. The Morgan fingerprint density at radius 1 is 0.298 bits per heavy atom. The van der Waals surface area contributed by atoms with Crippen molar-refractivity contribution >= 4 is 11.6 Å². The van der Waals surface area contributed by atoms with E-state index in [1.165, 1.54) is 9.88 Å². The lowest BCUT2D eigenvalue weighted by atomic mass is 10.1. The quantitative estimate of drug-likeness (QED) is 0.0883. The molecule has 0 aliphatic carbocycles. The van der Waals surface area contributed by atoms with Crippen LogP contribution >= 0.6 is 11.6 Å². The van der Waals surface area contributed by atoms with Gasteiger partial charge in [-0.3, -0.25) is 0 Å². The minimum absolute atomic E-state index is 0.351. The Hall–Kier alpha value is -8.16. The molecule has 2 atom stereocenters. The average Bonchev–Trinajstić information content (AvgIpc) is 1.54. The summed E-state index contributed by atoms with van der Waals surface area (Å²) in [4.78, 5) is 13.1. The van der Waals surface area contributed by atoms with Gasteiger partial charge in [0.2, 0.25) is 0 Å². The van der Waals surface area contributed by atoms with Crippen LogP contribution in [0.25, 0.3) is 0 Å². The van der Waals surface area contributed by atoms with Gasteiger partial charge < -0.3 is 47.4 Å². The first-order valence-corrected chi connectivity index (χ1v) is 22.9. The topological polar surface area (TPSA) is 148 Å². The van der Waals surface area contributed by atoms with Crippen LogP contribution in [0.15, 0.2) is 99.6 Å². The molecular weight excluding hydrogens is 1870 g/mol. The fourth-order valence-corrected chi connectivity index (χ4v) is 3.64. The third-order valence-corrected chi connectivity index (χ3v) is 7.36. The molecule has 0 spiro atoms. The van der Waals surface area contributed by atoms with E-state index in [0.29, 0.717) is 0 Å². The Bertz CT molecular complexity index is 2650. The van der Waals surface area contributed by atoms with Crippen molar-refractivity contribution in [2.75, 3.05) is 19.8 Å². The molecular formula is C38H18ClF59O16. The van der Waals surface area contributed by atoms with Gasteiger partial charge in [-0.2, -0.15) is 186 Å². The molecule has 5 heterocycles. The van der Waals surface area contributed by atoms with Crippen LogP contribution in [0.1, 0.15) is 0 Å². The average molecular weight is 1890 g/mol. The number of rotatable bonds is 10. The van der Waals surface area contributed by atoms with E-state index < -0.39 is 182 Å². The van der Waals surface area contributed by atoms with Crippen LogP contribution in [0.3, 0.4) is 0 Å². The highest BCUT2D eigenvalue weighted by atomic mass is 35.5. The van der Waals surface area contributed by atoms with Crippen molar-refractivity contribution < 1.29 is 337 Å². The number of alkyl halides is 44. The smallest absolute Gasteiger partial charge is 0.409 e. The third kappa shape index (κ3) is 43.5. The molecule has 0 aromatic heterocycles. The van der Waals surface area contributed by atoms with Crippen molar-refractivity contribution in [1.82, 2.24) is 0 Å². The zero-order valence-electron chi connectivity index (χ0n) is 50.1. The number of hydrogen-bond donors (Lipinski definition) is 0. The molecule has 0 aromatic carbocycles. The fourth-order valence-electron chi connectivity index (χ4n) is 3.45. The van der Waals surface area contributed by atoms with Crippen LogP contribution in [0.5, 0.6) is 0 Å². The highest BCUT2D eigenvalue weighted by molar-refractivity contribution is 6.22. The maximum Gasteiger partial charge on any atom is 0.589 e. The van der Waals surface area contributed by atoms with Crippen molar-refractivity contribution in [3.63, 3.8) is 0 Å². The van der Waals surface area contributed by atoms with Crippen LogP contribution in [0.2, 0.25) is 0 Å². The lowest BCUT2D eigenvalue weighted by molar-refractivity contribution is -0.515. The Kier molecular flexibility index (Phi) is 51.3. The van der Waals surface area contributed by atoms with Crippen molar-refractivity contribution in [3.8, 4) is 0 Å². The number of halogens is 60. The molecule has 5 rings (SSSR count). The molecule has 114 heavy (non-hydrogen) atoms. The Balaban J connectivity index is -0.000000154. The maximum absolute atomic E-state index is 13.0. The molecule has 2 unspecified atom stereocenters. The molecule has 0 saturated carbocycles. The molecule has 0 radical (unpaired) electrons. The summed E-state index contributed by atoms with van der Waals surface area (Å²) in [5, 5.41) is -5.20. The van der Waals surface area contributed by atoms with Crippen molar-refractivity contribution in [1.29, 1.82) is 0 Å². The predicted molar refractivity (Wildman–Crippen MR) is 224 cm³/mol. The molecule has 2 saturated heterocycles. The first kappa shape index (κ1) is 124. The summed E-state index contributed by atoms with van der Waals surface area (Å²) in [7, 11) is 0. The van der Waals surface area contributed by atoms with E-state index in [1.54, 1.807) is 0 Å². The molecule has 0 amide bonds. The van der Waals surface area contributed by atoms with Gasteiger partial charge in [0, 0.05) is 0 Å². The summed E-state index contributed by atoms with van der Waals surface area (Å²) in [6.07, 6.45) is -83.9. The second-order valence-corrected chi connectivity index (χ2v) is 15.2. The molecule has 0 N–H and O–H groups in total. The third-order valence-electron chi connectivity index (χ3n) is 7.11. The summed E-state index contributed by atoms with van der Waals surface area (Å²) >= 11 is 4.05. The second kappa shape index (κ2) is 47.2. The first-order chi connectivity index (χ1) is 50.0. The highest BCUT2D eigenvalue weighted by Gasteiger charge is 2.89. The van der Waals surface area contributed by atoms with Crippen LogP contribution in [0.4, 0.5) is 260 Å². The van der Waals surface area contributed by atoms with Gasteiger partial charge in [-0.05, 0) is 38.8 Å².